The Hall–Kier alpha value is -2.65. The first-order valence-electron chi connectivity index (χ1n) is 8.38. The number of benzene rings is 2. The second-order valence-corrected chi connectivity index (χ2v) is 8.12. The highest BCUT2D eigenvalue weighted by Gasteiger charge is 2.33. The Morgan fingerprint density at radius 3 is 2.36 bits per heavy atom. The molecule has 28 heavy (non-hydrogen) atoms. The topological polar surface area (TPSA) is 79.0 Å². The minimum atomic E-state index is -4.72. The molecule has 0 fully saturated rings. The van der Waals surface area contributed by atoms with Crippen molar-refractivity contribution < 1.29 is 21.6 Å². The molecule has 9 heteroatoms. The maximum Gasteiger partial charge on any atom is 0.417 e. The van der Waals surface area contributed by atoms with Crippen molar-refractivity contribution in [2.45, 2.75) is 18.3 Å². The van der Waals surface area contributed by atoms with E-state index in [9.17, 15) is 26.4 Å². The molecule has 0 aliphatic heterocycles. The zero-order valence-electron chi connectivity index (χ0n) is 14.6. The van der Waals surface area contributed by atoms with Crippen LogP contribution in [0.15, 0.2) is 59.4 Å². The first-order valence-corrected chi connectivity index (χ1v) is 10.0. The van der Waals surface area contributed by atoms with Crippen LogP contribution in [0, 0.1) is 0 Å². The van der Waals surface area contributed by atoms with Crippen molar-refractivity contribution in [3.63, 3.8) is 0 Å². The van der Waals surface area contributed by atoms with Gasteiger partial charge in [-0.3, -0.25) is 4.79 Å². The maximum atomic E-state index is 13.2. The average Bonchev–Trinajstić information content (AvgIpc) is 2.61. The number of alkyl halides is 3. The number of aromatic amines is 1. The van der Waals surface area contributed by atoms with Gasteiger partial charge in [-0.15, -0.1) is 0 Å². The molecule has 1 heterocycles. The van der Waals surface area contributed by atoms with Crippen LogP contribution >= 0.6 is 0 Å². The molecule has 0 unspecified atom stereocenters. The van der Waals surface area contributed by atoms with Crippen LogP contribution in [0.3, 0.4) is 0 Å². The number of halogens is 3. The molecule has 3 aromatic rings. The van der Waals surface area contributed by atoms with Crippen molar-refractivity contribution in [1.29, 1.82) is 0 Å². The molecule has 0 atom stereocenters. The fourth-order valence-electron chi connectivity index (χ4n) is 2.89. The largest absolute Gasteiger partial charge is 0.417 e. The number of hydrogen-bond donors (Lipinski definition) is 2. The molecule has 2 aromatic carbocycles. The summed E-state index contributed by atoms with van der Waals surface area (Å²) in [5.74, 6) is -0.464. The van der Waals surface area contributed by atoms with Gasteiger partial charge in [0.15, 0.2) is 0 Å². The number of fused-ring (bicyclic) bond motifs is 1. The lowest BCUT2D eigenvalue weighted by molar-refractivity contribution is -0.136. The third-order valence-electron chi connectivity index (χ3n) is 4.15. The van der Waals surface area contributed by atoms with Crippen molar-refractivity contribution in [3.05, 3.63) is 81.6 Å². The van der Waals surface area contributed by atoms with Gasteiger partial charge in [0.25, 0.3) is 0 Å². The molecule has 0 aliphatic rings. The van der Waals surface area contributed by atoms with Gasteiger partial charge < -0.3 is 4.98 Å². The van der Waals surface area contributed by atoms with Gasteiger partial charge in [-0.1, -0.05) is 36.4 Å². The smallest absolute Gasteiger partial charge is 0.322 e. The third kappa shape index (κ3) is 4.99. The van der Waals surface area contributed by atoms with Crippen LogP contribution in [-0.4, -0.2) is 19.9 Å². The molecule has 1 aromatic heterocycles. The molecular weight excluding hydrogens is 393 g/mol. The van der Waals surface area contributed by atoms with Gasteiger partial charge in [-0.25, -0.2) is 13.1 Å². The summed E-state index contributed by atoms with van der Waals surface area (Å²) in [6.07, 6.45) is -4.23. The van der Waals surface area contributed by atoms with E-state index in [1.807, 2.05) is 30.3 Å². The number of pyridine rings is 1. The average molecular weight is 410 g/mol. The third-order valence-corrected chi connectivity index (χ3v) is 5.51. The number of rotatable bonds is 6. The summed E-state index contributed by atoms with van der Waals surface area (Å²) >= 11 is 0. The highest BCUT2D eigenvalue weighted by atomic mass is 32.2. The maximum absolute atomic E-state index is 13.2. The zero-order chi connectivity index (χ0) is 20.4. The van der Waals surface area contributed by atoms with Gasteiger partial charge in [0.05, 0.1) is 11.3 Å². The zero-order valence-corrected chi connectivity index (χ0v) is 15.4. The summed E-state index contributed by atoms with van der Waals surface area (Å²) < 4.78 is 66.6. The Kier molecular flexibility index (Phi) is 5.57. The normalized spacial score (nSPS) is 12.4. The summed E-state index contributed by atoms with van der Waals surface area (Å²) in [4.78, 5) is 13.8. The van der Waals surface area contributed by atoms with E-state index in [1.165, 1.54) is 12.1 Å². The van der Waals surface area contributed by atoms with Gasteiger partial charge in [0, 0.05) is 23.5 Å². The molecule has 0 saturated heterocycles. The number of aromatic nitrogens is 1. The van der Waals surface area contributed by atoms with Crippen LogP contribution in [0.25, 0.3) is 10.9 Å². The fraction of sp³-hybridized carbons (Fsp3) is 0.211. The summed E-state index contributed by atoms with van der Waals surface area (Å²) in [5.41, 5.74) is -0.810. The van der Waals surface area contributed by atoms with Crippen LogP contribution in [0.5, 0.6) is 0 Å². The first kappa shape index (κ1) is 20.1. The van der Waals surface area contributed by atoms with Crippen molar-refractivity contribution in [1.82, 2.24) is 9.71 Å². The van der Waals surface area contributed by atoms with E-state index in [-0.39, 0.29) is 23.0 Å². The molecule has 5 nitrogen and oxygen atoms in total. The summed E-state index contributed by atoms with van der Waals surface area (Å²) in [6, 6.07) is 13.6. The predicted molar refractivity (Wildman–Crippen MR) is 100 cm³/mol. The van der Waals surface area contributed by atoms with Gasteiger partial charge in [-0.05, 0) is 29.7 Å². The van der Waals surface area contributed by atoms with E-state index in [0.717, 1.165) is 11.6 Å². The highest BCUT2D eigenvalue weighted by molar-refractivity contribution is 7.88. The first-order chi connectivity index (χ1) is 13.1. The minimum absolute atomic E-state index is 0.00184. The standard InChI is InChI=1S/C19H17F3N2O3S/c20-19(21,22)16-11-18(25)24-17-7-6-14(10-15(16)17)12-28(26,27)23-9-8-13-4-2-1-3-5-13/h1-7,10-11,23H,8-9,12H2,(H,24,25). The quantitative estimate of drug-likeness (QED) is 0.655. The van der Waals surface area contributed by atoms with E-state index < -0.39 is 33.1 Å². The Balaban J connectivity index is 1.79. The van der Waals surface area contributed by atoms with Crippen molar-refractivity contribution in [2.24, 2.45) is 0 Å². The molecule has 3 rings (SSSR count). The molecule has 0 amide bonds. The molecule has 148 valence electrons. The predicted octanol–water partition coefficient (Wildman–Crippen LogP) is 3.21. The monoisotopic (exact) mass is 410 g/mol. The van der Waals surface area contributed by atoms with E-state index in [1.54, 1.807) is 0 Å². The number of nitrogens with one attached hydrogen (secondary N) is 2. The van der Waals surface area contributed by atoms with Crippen LogP contribution in [0.4, 0.5) is 13.2 Å². The molecule has 0 spiro atoms. The van der Waals surface area contributed by atoms with E-state index in [4.69, 9.17) is 0 Å². The van der Waals surface area contributed by atoms with E-state index in [2.05, 4.69) is 9.71 Å². The van der Waals surface area contributed by atoms with E-state index >= 15 is 0 Å². The summed E-state index contributed by atoms with van der Waals surface area (Å²) in [7, 11) is -3.73. The van der Waals surface area contributed by atoms with Crippen LogP contribution in [0.1, 0.15) is 16.7 Å². The summed E-state index contributed by atoms with van der Waals surface area (Å²) in [6.45, 7) is 0.182. The number of H-pyrrole nitrogens is 1. The van der Waals surface area contributed by atoms with Gasteiger partial charge in [0.1, 0.15) is 0 Å². The SMILES string of the molecule is O=c1cc(C(F)(F)F)c2cc(CS(=O)(=O)NCCc3ccccc3)ccc2[nH]1. The molecule has 0 bridgehead atoms. The highest BCUT2D eigenvalue weighted by Crippen LogP contribution is 2.33. The molecule has 2 N–H and O–H groups in total. The number of sulfonamides is 1. The molecular formula is C19H17F3N2O3S. The number of hydrogen-bond acceptors (Lipinski definition) is 3. The summed E-state index contributed by atoms with van der Waals surface area (Å²) in [5, 5.41) is -0.246. The second kappa shape index (κ2) is 7.76. The lowest BCUT2D eigenvalue weighted by Crippen LogP contribution is -2.27. The van der Waals surface area contributed by atoms with Crippen molar-refractivity contribution in [3.8, 4) is 0 Å². The Bertz CT molecular complexity index is 1140. The Labute approximate surface area is 159 Å². The van der Waals surface area contributed by atoms with Crippen LogP contribution in [0.2, 0.25) is 0 Å². The lowest BCUT2D eigenvalue weighted by Gasteiger charge is -2.12. The van der Waals surface area contributed by atoms with Gasteiger partial charge in [0.2, 0.25) is 15.6 Å². The molecule has 0 radical (unpaired) electrons. The fourth-order valence-corrected chi connectivity index (χ4v) is 4.02. The molecule has 0 aliphatic carbocycles. The molecule has 0 saturated carbocycles. The lowest BCUT2D eigenvalue weighted by atomic mass is 10.1. The van der Waals surface area contributed by atoms with E-state index in [0.29, 0.717) is 12.5 Å². The minimum Gasteiger partial charge on any atom is -0.322 e. The van der Waals surface area contributed by atoms with Gasteiger partial charge >= 0.3 is 6.18 Å². The Morgan fingerprint density at radius 2 is 1.68 bits per heavy atom. The van der Waals surface area contributed by atoms with Crippen LogP contribution in [-0.2, 0) is 28.4 Å². The van der Waals surface area contributed by atoms with Gasteiger partial charge in [-0.2, -0.15) is 13.2 Å². The van der Waals surface area contributed by atoms with Crippen LogP contribution < -0.4 is 10.3 Å². The second-order valence-electron chi connectivity index (χ2n) is 6.31. The Morgan fingerprint density at radius 1 is 0.964 bits per heavy atom. The van der Waals surface area contributed by atoms with Crippen molar-refractivity contribution >= 4 is 20.9 Å². The van der Waals surface area contributed by atoms with Crippen molar-refractivity contribution in [2.75, 3.05) is 6.54 Å².